The highest BCUT2D eigenvalue weighted by Crippen LogP contribution is 2.36. The molecule has 0 unspecified atom stereocenters. The van der Waals surface area contributed by atoms with Crippen LogP contribution in [-0.4, -0.2) is 30.8 Å². The van der Waals surface area contributed by atoms with E-state index in [1.807, 2.05) is 0 Å². The first-order valence-corrected chi connectivity index (χ1v) is 10.6. The number of benzene rings is 2. The van der Waals surface area contributed by atoms with Gasteiger partial charge in [0.2, 0.25) is 0 Å². The predicted molar refractivity (Wildman–Crippen MR) is 98.4 cm³/mol. The molecule has 0 saturated carbocycles. The SMILES string of the molecule is Cc1cc(-n2nc(C(F)(F)F)cc2-c2cc(F)c(S(C)(=O)=O)c(F)c2)ccc1OC(F)(F)F. The lowest BCUT2D eigenvalue weighted by atomic mass is 10.1. The predicted octanol–water partition coefficient (Wildman–Crippen LogP) is 5.45. The molecule has 0 fully saturated rings. The summed E-state index contributed by atoms with van der Waals surface area (Å²) in [7, 11) is -4.33. The second kappa shape index (κ2) is 8.01. The summed E-state index contributed by atoms with van der Waals surface area (Å²) in [6, 6.07) is 4.31. The van der Waals surface area contributed by atoms with Gasteiger partial charge in [-0.2, -0.15) is 18.3 Å². The van der Waals surface area contributed by atoms with E-state index in [9.17, 15) is 43.5 Å². The summed E-state index contributed by atoms with van der Waals surface area (Å²) in [6.45, 7) is 1.19. The van der Waals surface area contributed by atoms with Crippen molar-refractivity contribution < 1.29 is 48.3 Å². The van der Waals surface area contributed by atoms with Crippen LogP contribution in [0.2, 0.25) is 0 Å². The van der Waals surface area contributed by atoms with Crippen LogP contribution in [0.1, 0.15) is 11.3 Å². The summed E-state index contributed by atoms with van der Waals surface area (Å²) in [5.41, 5.74) is -2.75. The maximum atomic E-state index is 14.3. The number of halogens is 8. The standard InChI is InChI=1S/C19H12F8N2O3S/c1-9-5-11(3-4-15(9)32-19(25,26)27)29-14(8-16(28-29)18(22,23)24)10-6-12(20)17(13(21)7-10)33(2,30)31/h3-8H,1-2H3. The Bertz CT molecular complexity index is 1300. The van der Waals surface area contributed by atoms with Crippen molar-refractivity contribution in [1.29, 1.82) is 0 Å². The molecule has 0 aliphatic heterocycles. The number of aryl methyl sites for hydroxylation is 1. The minimum absolute atomic E-state index is 0.121. The van der Waals surface area contributed by atoms with Gasteiger partial charge >= 0.3 is 12.5 Å². The lowest BCUT2D eigenvalue weighted by molar-refractivity contribution is -0.274. The summed E-state index contributed by atoms with van der Waals surface area (Å²) < 4.78 is 134. The zero-order valence-electron chi connectivity index (χ0n) is 16.5. The molecular weight excluding hydrogens is 488 g/mol. The van der Waals surface area contributed by atoms with E-state index in [2.05, 4.69) is 9.84 Å². The van der Waals surface area contributed by atoms with Crippen molar-refractivity contribution in [3.63, 3.8) is 0 Å². The zero-order chi connectivity index (χ0) is 24.9. The summed E-state index contributed by atoms with van der Waals surface area (Å²) in [6.07, 6.45) is -9.44. The number of alkyl halides is 6. The van der Waals surface area contributed by atoms with Crippen molar-refractivity contribution in [2.75, 3.05) is 6.26 Å². The smallest absolute Gasteiger partial charge is 0.406 e. The number of rotatable bonds is 4. The third-order valence-electron chi connectivity index (χ3n) is 4.29. The van der Waals surface area contributed by atoms with E-state index < -0.39 is 61.6 Å². The van der Waals surface area contributed by atoms with Crippen LogP contribution in [-0.2, 0) is 16.0 Å². The van der Waals surface area contributed by atoms with Gasteiger partial charge in [-0.25, -0.2) is 21.9 Å². The number of aromatic nitrogens is 2. The van der Waals surface area contributed by atoms with Gasteiger partial charge in [0.25, 0.3) is 0 Å². The molecule has 0 bridgehead atoms. The maximum Gasteiger partial charge on any atom is 0.573 e. The van der Waals surface area contributed by atoms with E-state index in [-0.39, 0.29) is 11.3 Å². The first kappa shape index (κ1) is 24.5. The molecule has 0 N–H and O–H groups in total. The zero-order valence-corrected chi connectivity index (χ0v) is 17.3. The monoisotopic (exact) mass is 500 g/mol. The number of hydrogen-bond acceptors (Lipinski definition) is 4. The Morgan fingerprint density at radius 3 is 1.97 bits per heavy atom. The molecule has 3 rings (SSSR count). The number of sulfone groups is 1. The van der Waals surface area contributed by atoms with Crippen molar-refractivity contribution in [1.82, 2.24) is 9.78 Å². The van der Waals surface area contributed by atoms with Gasteiger partial charge in [-0.15, -0.1) is 13.2 Å². The highest BCUT2D eigenvalue weighted by molar-refractivity contribution is 7.90. The maximum absolute atomic E-state index is 14.3. The van der Waals surface area contributed by atoms with Crippen LogP contribution in [0.5, 0.6) is 5.75 Å². The molecule has 5 nitrogen and oxygen atoms in total. The van der Waals surface area contributed by atoms with Gasteiger partial charge in [-0.1, -0.05) is 0 Å². The van der Waals surface area contributed by atoms with E-state index in [1.165, 1.54) is 6.92 Å². The van der Waals surface area contributed by atoms with Crippen molar-refractivity contribution in [3.05, 3.63) is 59.3 Å². The van der Waals surface area contributed by atoms with E-state index in [4.69, 9.17) is 0 Å². The van der Waals surface area contributed by atoms with Crippen LogP contribution in [0.15, 0.2) is 41.3 Å². The minimum Gasteiger partial charge on any atom is -0.406 e. The van der Waals surface area contributed by atoms with Crippen LogP contribution in [0.25, 0.3) is 16.9 Å². The summed E-state index contributed by atoms with van der Waals surface area (Å²) >= 11 is 0. The molecule has 33 heavy (non-hydrogen) atoms. The minimum atomic E-state index is -5.01. The Labute approximate surface area is 181 Å². The van der Waals surface area contributed by atoms with Gasteiger partial charge in [-0.05, 0) is 48.9 Å². The molecular formula is C19H12F8N2O3S. The van der Waals surface area contributed by atoms with E-state index in [1.54, 1.807) is 0 Å². The van der Waals surface area contributed by atoms with E-state index in [0.29, 0.717) is 29.1 Å². The quantitative estimate of drug-likeness (QED) is 0.448. The van der Waals surface area contributed by atoms with Crippen molar-refractivity contribution in [3.8, 4) is 22.7 Å². The molecule has 2 aromatic carbocycles. The third-order valence-corrected chi connectivity index (χ3v) is 5.42. The van der Waals surface area contributed by atoms with Crippen LogP contribution >= 0.6 is 0 Å². The average Bonchev–Trinajstić information content (AvgIpc) is 3.06. The Kier molecular flexibility index (Phi) is 5.94. The molecule has 1 aromatic heterocycles. The second-order valence-corrected chi connectivity index (χ2v) is 8.82. The van der Waals surface area contributed by atoms with E-state index >= 15 is 0 Å². The fraction of sp³-hybridized carbons (Fsp3) is 0.211. The van der Waals surface area contributed by atoms with Crippen LogP contribution < -0.4 is 4.74 Å². The molecule has 0 aliphatic carbocycles. The van der Waals surface area contributed by atoms with Gasteiger partial charge < -0.3 is 4.74 Å². The Morgan fingerprint density at radius 2 is 1.52 bits per heavy atom. The van der Waals surface area contributed by atoms with E-state index in [0.717, 1.165) is 18.2 Å². The summed E-state index contributed by atoms with van der Waals surface area (Å²) in [4.78, 5) is -1.27. The molecule has 0 atom stereocenters. The summed E-state index contributed by atoms with van der Waals surface area (Å²) in [5, 5.41) is 3.37. The molecule has 178 valence electrons. The number of ether oxygens (including phenoxy) is 1. The highest BCUT2D eigenvalue weighted by atomic mass is 32.2. The first-order chi connectivity index (χ1) is 15.0. The van der Waals surface area contributed by atoms with Crippen LogP contribution in [0.3, 0.4) is 0 Å². The van der Waals surface area contributed by atoms with Gasteiger partial charge in [-0.3, -0.25) is 0 Å². The average molecular weight is 500 g/mol. The Morgan fingerprint density at radius 1 is 0.939 bits per heavy atom. The largest absolute Gasteiger partial charge is 0.573 e. The Hall–Kier alpha value is -3.16. The van der Waals surface area contributed by atoms with Gasteiger partial charge in [0.1, 0.15) is 22.3 Å². The van der Waals surface area contributed by atoms with Gasteiger partial charge in [0, 0.05) is 11.8 Å². The molecule has 0 aliphatic rings. The normalized spacial score (nSPS) is 12.8. The molecule has 0 amide bonds. The second-order valence-electron chi connectivity index (χ2n) is 6.86. The fourth-order valence-electron chi connectivity index (χ4n) is 2.99. The topological polar surface area (TPSA) is 61.2 Å². The van der Waals surface area contributed by atoms with Crippen molar-refractivity contribution >= 4 is 9.84 Å². The molecule has 0 radical (unpaired) electrons. The summed E-state index contributed by atoms with van der Waals surface area (Å²) in [5.74, 6) is -3.71. The Balaban J connectivity index is 2.22. The lowest BCUT2D eigenvalue weighted by Crippen LogP contribution is -2.17. The van der Waals surface area contributed by atoms with Gasteiger partial charge in [0.05, 0.1) is 11.4 Å². The number of hydrogen-bond donors (Lipinski definition) is 0. The van der Waals surface area contributed by atoms with Crippen LogP contribution in [0, 0.1) is 18.6 Å². The third kappa shape index (κ3) is 5.26. The van der Waals surface area contributed by atoms with Crippen molar-refractivity contribution in [2.24, 2.45) is 0 Å². The molecule has 0 spiro atoms. The molecule has 1 heterocycles. The van der Waals surface area contributed by atoms with Crippen LogP contribution in [0.4, 0.5) is 35.1 Å². The first-order valence-electron chi connectivity index (χ1n) is 8.71. The highest BCUT2D eigenvalue weighted by Gasteiger charge is 2.36. The van der Waals surface area contributed by atoms with Crippen molar-refractivity contribution in [2.45, 2.75) is 24.4 Å². The molecule has 0 saturated heterocycles. The fourth-order valence-corrected chi connectivity index (χ4v) is 3.81. The number of nitrogens with zero attached hydrogens (tertiary/aromatic N) is 2. The molecule has 3 aromatic rings. The lowest BCUT2D eigenvalue weighted by Gasteiger charge is -2.14. The molecule has 14 heteroatoms. The van der Waals surface area contributed by atoms with Gasteiger partial charge in [0.15, 0.2) is 15.5 Å².